The third-order valence-corrected chi connectivity index (χ3v) is 0.0630. The van der Waals surface area contributed by atoms with Crippen LogP contribution in [0.3, 0.4) is 0 Å². The standard InChI is InChI=1S/C2H3FO.CH2Cl2/c3-1-2-4;2-1-3/h2H,1H2;1H2. The molecule has 0 radical (unpaired) electrons. The van der Waals surface area contributed by atoms with Crippen molar-refractivity contribution in [2.75, 3.05) is 12.0 Å². The van der Waals surface area contributed by atoms with Gasteiger partial charge in [0.25, 0.3) is 0 Å². The van der Waals surface area contributed by atoms with Gasteiger partial charge in [0, 0.05) is 0 Å². The summed E-state index contributed by atoms with van der Waals surface area (Å²) in [5.74, 6) is 0. The number of halogens is 3. The molecule has 0 heterocycles. The quantitative estimate of drug-likeness (QED) is 0.406. The minimum absolute atomic E-state index is 0.194. The normalized spacial score (nSPS) is 6.14. The zero-order valence-electron chi connectivity index (χ0n) is 3.53. The van der Waals surface area contributed by atoms with Crippen LogP contribution < -0.4 is 0 Å². The van der Waals surface area contributed by atoms with Crippen LogP contribution >= 0.6 is 23.2 Å². The number of rotatable bonds is 1. The summed E-state index contributed by atoms with van der Waals surface area (Å²) in [7, 11) is 0. The first-order chi connectivity index (χ1) is 3.33. The molecule has 0 fully saturated rings. The Morgan fingerprint density at radius 1 is 1.57 bits per heavy atom. The Morgan fingerprint density at radius 2 is 1.71 bits per heavy atom. The van der Waals surface area contributed by atoms with Crippen LogP contribution in [0.5, 0.6) is 0 Å². The summed E-state index contributed by atoms with van der Waals surface area (Å²) in [4.78, 5) is 8.80. The van der Waals surface area contributed by atoms with Crippen molar-refractivity contribution >= 4 is 29.5 Å². The summed E-state index contributed by atoms with van der Waals surface area (Å²) in [5, 5.41) is 0.194. The van der Waals surface area contributed by atoms with E-state index in [0.717, 1.165) is 0 Å². The van der Waals surface area contributed by atoms with E-state index < -0.39 is 6.67 Å². The van der Waals surface area contributed by atoms with Crippen LogP contribution in [-0.2, 0) is 4.79 Å². The lowest BCUT2D eigenvalue weighted by Crippen LogP contribution is -1.65. The lowest BCUT2D eigenvalue weighted by molar-refractivity contribution is -0.108. The number of carbonyl (C=O) groups is 1. The predicted octanol–water partition coefficient (Wildman–Crippen LogP) is 1.58. The van der Waals surface area contributed by atoms with Gasteiger partial charge in [0.2, 0.25) is 0 Å². The van der Waals surface area contributed by atoms with E-state index in [1.807, 2.05) is 0 Å². The van der Waals surface area contributed by atoms with Crippen LogP contribution in [0.25, 0.3) is 0 Å². The molecule has 0 aliphatic carbocycles. The number of alkyl halides is 3. The summed E-state index contributed by atoms with van der Waals surface area (Å²) < 4.78 is 10.4. The lowest BCUT2D eigenvalue weighted by atomic mass is 10.9. The molecule has 0 atom stereocenters. The first-order valence-corrected chi connectivity index (χ1v) is 2.51. The van der Waals surface area contributed by atoms with Gasteiger partial charge in [-0.3, -0.25) is 0 Å². The van der Waals surface area contributed by atoms with Gasteiger partial charge in [-0.2, -0.15) is 0 Å². The molecular weight excluding hydrogens is 142 g/mol. The zero-order chi connectivity index (χ0) is 6.12. The zero-order valence-corrected chi connectivity index (χ0v) is 5.05. The van der Waals surface area contributed by atoms with Crippen molar-refractivity contribution in [2.45, 2.75) is 0 Å². The van der Waals surface area contributed by atoms with Gasteiger partial charge < -0.3 is 4.79 Å². The topological polar surface area (TPSA) is 17.1 Å². The second-order valence-corrected chi connectivity index (χ2v) is 1.23. The van der Waals surface area contributed by atoms with E-state index in [1.165, 1.54) is 0 Å². The summed E-state index contributed by atoms with van der Waals surface area (Å²) in [5.41, 5.74) is 0. The maximum Gasteiger partial charge on any atom is 0.150 e. The maximum absolute atomic E-state index is 10.4. The fraction of sp³-hybridized carbons (Fsp3) is 0.667. The van der Waals surface area contributed by atoms with Crippen molar-refractivity contribution in [3.05, 3.63) is 0 Å². The highest BCUT2D eigenvalue weighted by atomic mass is 35.5. The molecule has 0 unspecified atom stereocenters. The van der Waals surface area contributed by atoms with Gasteiger partial charge in [-0.25, -0.2) is 4.39 Å². The SMILES string of the molecule is ClCCl.O=CCF. The molecule has 7 heavy (non-hydrogen) atoms. The summed E-state index contributed by atoms with van der Waals surface area (Å²) in [6.45, 7) is -0.861. The molecule has 1 nitrogen and oxygen atoms in total. The van der Waals surface area contributed by atoms with Crippen LogP contribution in [0.4, 0.5) is 4.39 Å². The third-order valence-electron chi connectivity index (χ3n) is 0.0630. The Morgan fingerprint density at radius 3 is 1.71 bits per heavy atom. The molecular formula is C3H5Cl2FO. The number of hydrogen-bond acceptors (Lipinski definition) is 1. The fourth-order valence-corrected chi connectivity index (χ4v) is 0. The summed E-state index contributed by atoms with van der Waals surface area (Å²) in [6.07, 6.45) is 0.208. The Labute approximate surface area is 51.4 Å². The van der Waals surface area contributed by atoms with E-state index in [4.69, 9.17) is 28.0 Å². The van der Waals surface area contributed by atoms with E-state index in [0.29, 0.717) is 0 Å². The monoisotopic (exact) mass is 146 g/mol. The molecule has 0 spiro atoms. The Bertz CT molecular complexity index is 34.1. The maximum atomic E-state index is 10.4. The van der Waals surface area contributed by atoms with Gasteiger partial charge in [0.1, 0.15) is 6.67 Å². The van der Waals surface area contributed by atoms with Crippen molar-refractivity contribution in [1.82, 2.24) is 0 Å². The van der Waals surface area contributed by atoms with E-state index in [1.54, 1.807) is 0 Å². The molecule has 44 valence electrons. The van der Waals surface area contributed by atoms with Gasteiger partial charge in [-0.15, -0.1) is 23.2 Å². The summed E-state index contributed by atoms with van der Waals surface area (Å²) >= 11 is 9.53. The van der Waals surface area contributed by atoms with Crippen LogP contribution in [0.15, 0.2) is 0 Å². The predicted molar refractivity (Wildman–Crippen MR) is 28.6 cm³/mol. The molecule has 0 aromatic carbocycles. The van der Waals surface area contributed by atoms with E-state index in [9.17, 15) is 4.39 Å². The van der Waals surface area contributed by atoms with Crippen molar-refractivity contribution < 1.29 is 9.18 Å². The highest BCUT2D eigenvalue weighted by Gasteiger charge is 1.57. The Hall–Kier alpha value is 0.180. The lowest BCUT2D eigenvalue weighted by Gasteiger charge is -1.48. The minimum Gasteiger partial charge on any atom is -0.300 e. The highest BCUT2D eigenvalue weighted by Crippen LogP contribution is 1.73. The average Bonchev–Trinajstić information content (AvgIpc) is 1.69. The van der Waals surface area contributed by atoms with E-state index >= 15 is 0 Å². The number of hydrogen-bond donors (Lipinski definition) is 0. The van der Waals surface area contributed by atoms with Gasteiger partial charge >= 0.3 is 0 Å². The van der Waals surface area contributed by atoms with Gasteiger partial charge in [-0.05, 0) is 0 Å². The molecule has 0 amide bonds. The van der Waals surface area contributed by atoms with Gasteiger partial charge in [-0.1, -0.05) is 0 Å². The first-order valence-electron chi connectivity index (χ1n) is 1.45. The molecule has 0 aromatic heterocycles. The van der Waals surface area contributed by atoms with Crippen molar-refractivity contribution in [2.24, 2.45) is 0 Å². The Balaban J connectivity index is 0. The molecule has 4 heteroatoms. The summed E-state index contributed by atoms with van der Waals surface area (Å²) in [6, 6.07) is 0. The largest absolute Gasteiger partial charge is 0.300 e. The molecule has 0 aromatic rings. The molecule has 0 saturated carbocycles. The van der Waals surface area contributed by atoms with Crippen LogP contribution in [0.2, 0.25) is 0 Å². The molecule has 0 aliphatic heterocycles. The van der Waals surface area contributed by atoms with Crippen molar-refractivity contribution in [3.8, 4) is 0 Å². The first kappa shape index (κ1) is 10.2. The minimum atomic E-state index is -0.861. The Kier molecular flexibility index (Phi) is 23.9. The average molecular weight is 147 g/mol. The molecule has 0 aliphatic rings. The van der Waals surface area contributed by atoms with E-state index in [-0.39, 0.29) is 11.6 Å². The van der Waals surface area contributed by atoms with Gasteiger partial charge in [0.05, 0.1) is 5.34 Å². The third kappa shape index (κ3) is 77.5. The second kappa shape index (κ2) is 16.4. The molecule has 0 N–H and O–H groups in total. The second-order valence-electron chi connectivity index (χ2n) is 0.422. The van der Waals surface area contributed by atoms with Crippen LogP contribution in [0, 0.1) is 0 Å². The number of carbonyl (C=O) groups excluding carboxylic acids is 1. The van der Waals surface area contributed by atoms with Crippen molar-refractivity contribution in [1.29, 1.82) is 0 Å². The van der Waals surface area contributed by atoms with Crippen molar-refractivity contribution in [3.63, 3.8) is 0 Å². The van der Waals surface area contributed by atoms with Crippen LogP contribution in [-0.4, -0.2) is 18.3 Å². The van der Waals surface area contributed by atoms with Crippen LogP contribution in [0.1, 0.15) is 0 Å². The smallest absolute Gasteiger partial charge is 0.150 e. The van der Waals surface area contributed by atoms with Gasteiger partial charge in [0.15, 0.2) is 6.29 Å². The molecule has 0 saturated heterocycles. The van der Waals surface area contributed by atoms with E-state index in [2.05, 4.69) is 0 Å². The number of aldehydes is 1. The molecule has 0 bridgehead atoms. The highest BCUT2D eigenvalue weighted by molar-refractivity contribution is 6.40. The fourth-order valence-electron chi connectivity index (χ4n) is 0. The molecule has 0 rings (SSSR count).